The van der Waals surface area contributed by atoms with Crippen LogP contribution in [-0.4, -0.2) is 22.0 Å². The molecular formula is C19H24IN5O. The topological polar surface area (TPSA) is 88.3 Å². The summed E-state index contributed by atoms with van der Waals surface area (Å²) in [5, 5.41) is 3.07. The molecule has 3 rings (SSSR count). The van der Waals surface area contributed by atoms with E-state index in [1.54, 1.807) is 0 Å². The number of nitrogens with zero attached hydrogens (tertiary/aromatic N) is 2. The number of aryl methyl sites for hydroxylation is 1. The molecule has 0 saturated carbocycles. The number of H-pyrrole nitrogens is 1. The van der Waals surface area contributed by atoms with Gasteiger partial charge < -0.3 is 20.8 Å². The summed E-state index contributed by atoms with van der Waals surface area (Å²) in [5.74, 6) is 1.96. The summed E-state index contributed by atoms with van der Waals surface area (Å²) in [6.45, 7) is 6.42. The number of aliphatic imine (C=N–C) groups is 1. The summed E-state index contributed by atoms with van der Waals surface area (Å²) in [7, 11) is 0. The van der Waals surface area contributed by atoms with Gasteiger partial charge in [0, 0.05) is 5.69 Å². The summed E-state index contributed by atoms with van der Waals surface area (Å²) in [6.07, 6.45) is 0.151. The van der Waals surface area contributed by atoms with E-state index in [9.17, 15) is 0 Å². The summed E-state index contributed by atoms with van der Waals surface area (Å²) < 4.78 is 5.62. The van der Waals surface area contributed by atoms with Crippen LogP contribution >= 0.6 is 24.0 Å². The number of hydrogen-bond acceptors (Lipinski definition) is 3. The van der Waals surface area contributed by atoms with Gasteiger partial charge in [0.1, 0.15) is 18.1 Å². The molecule has 7 heteroatoms. The molecule has 0 spiro atoms. The summed E-state index contributed by atoms with van der Waals surface area (Å²) >= 11 is 0. The molecule has 0 bridgehead atoms. The SMILES string of the molecule is Cc1cccc2[nH]c(CN=C(N)Nc3ccc(OC(C)C)cc3)nc12.I. The molecular weight excluding hydrogens is 441 g/mol. The van der Waals surface area contributed by atoms with E-state index in [1.165, 1.54) is 0 Å². The van der Waals surface area contributed by atoms with Gasteiger partial charge in [-0.15, -0.1) is 24.0 Å². The minimum atomic E-state index is 0. The highest BCUT2D eigenvalue weighted by molar-refractivity contribution is 14.0. The van der Waals surface area contributed by atoms with Crippen LogP contribution in [0, 0.1) is 6.92 Å². The van der Waals surface area contributed by atoms with E-state index in [0.29, 0.717) is 12.5 Å². The smallest absolute Gasteiger partial charge is 0.193 e. The van der Waals surface area contributed by atoms with E-state index in [2.05, 4.69) is 20.3 Å². The van der Waals surface area contributed by atoms with Crippen LogP contribution in [0.5, 0.6) is 5.75 Å². The fourth-order valence-electron chi connectivity index (χ4n) is 2.54. The Labute approximate surface area is 170 Å². The first-order valence-electron chi connectivity index (χ1n) is 8.29. The number of aromatic nitrogens is 2. The number of aromatic amines is 1. The van der Waals surface area contributed by atoms with Crippen molar-refractivity contribution in [3.05, 3.63) is 53.9 Å². The first-order valence-corrected chi connectivity index (χ1v) is 8.29. The first kappa shape index (κ1) is 20.0. The molecule has 1 heterocycles. The number of imidazole rings is 1. The van der Waals surface area contributed by atoms with E-state index >= 15 is 0 Å². The Kier molecular flexibility index (Phi) is 6.84. The predicted molar refractivity (Wildman–Crippen MR) is 117 cm³/mol. The maximum atomic E-state index is 5.96. The van der Waals surface area contributed by atoms with Gasteiger partial charge in [-0.3, -0.25) is 0 Å². The second-order valence-electron chi connectivity index (χ2n) is 6.17. The van der Waals surface area contributed by atoms with E-state index < -0.39 is 0 Å². The summed E-state index contributed by atoms with van der Waals surface area (Å²) in [5.41, 5.74) is 9.94. The van der Waals surface area contributed by atoms with Crippen LogP contribution in [0.3, 0.4) is 0 Å². The Morgan fingerprint density at radius 3 is 2.62 bits per heavy atom. The second-order valence-corrected chi connectivity index (χ2v) is 6.17. The van der Waals surface area contributed by atoms with E-state index in [-0.39, 0.29) is 30.1 Å². The lowest BCUT2D eigenvalue weighted by molar-refractivity contribution is 0.242. The minimum absolute atomic E-state index is 0. The van der Waals surface area contributed by atoms with E-state index in [4.69, 9.17) is 10.5 Å². The number of anilines is 1. The molecule has 0 saturated heterocycles. The van der Waals surface area contributed by atoms with Gasteiger partial charge >= 0.3 is 0 Å². The van der Waals surface area contributed by atoms with Crippen LogP contribution in [0.2, 0.25) is 0 Å². The van der Waals surface area contributed by atoms with Crippen molar-refractivity contribution >= 4 is 46.7 Å². The monoisotopic (exact) mass is 465 g/mol. The Balaban J connectivity index is 0.00000243. The molecule has 0 aliphatic heterocycles. The molecule has 6 nitrogen and oxygen atoms in total. The zero-order chi connectivity index (χ0) is 17.8. The number of nitrogens with one attached hydrogen (secondary N) is 2. The molecule has 1 aromatic heterocycles. The van der Waals surface area contributed by atoms with Gasteiger partial charge in [-0.2, -0.15) is 0 Å². The third-order valence-corrected chi connectivity index (χ3v) is 3.66. The highest BCUT2D eigenvalue weighted by atomic mass is 127. The number of benzene rings is 2. The number of nitrogens with two attached hydrogens (primary N) is 1. The maximum Gasteiger partial charge on any atom is 0.193 e. The molecule has 0 fully saturated rings. The van der Waals surface area contributed by atoms with Gasteiger partial charge in [-0.25, -0.2) is 9.98 Å². The number of halogens is 1. The van der Waals surface area contributed by atoms with Gasteiger partial charge in [-0.1, -0.05) is 12.1 Å². The largest absolute Gasteiger partial charge is 0.491 e. The molecule has 3 aromatic rings. The van der Waals surface area contributed by atoms with Crippen molar-refractivity contribution in [2.45, 2.75) is 33.4 Å². The molecule has 0 unspecified atom stereocenters. The lowest BCUT2D eigenvalue weighted by Gasteiger charge is -2.10. The third kappa shape index (κ3) is 5.10. The van der Waals surface area contributed by atoms with Crippen molar-refractivity contribution in [3.63, 3.8) is 0 Å². The molecule has 0 radical (unpaired) electrons. The zero-order valence-corrected chi connectivity index (χ0v) is 17.4. The van der Waals surface area contributed by atoms with Gasteiger partial charge in [0.15, 0.2) is 5.96 Å². The Bertz CT molecular complexity index is 887. The molecule has 4 N–H and O–H groups in total. The predicted octanol–water partition coefficient (Wildman–Crippen LogP) is 4.20. The highest BCUT2D eigenvalue weighted by Crippen LogP contribution is 2.17. The Hall–Kier alpha value is -2.29. The zero-order valence-electron chi connectivity index (χ0n) is 15.1. The Morgan fingerprint density at radius 1 is 1.23 bits per heavy atom. The highest BCUT2D eigenvalue weighted by Gasteiger charge is 2.04. The van der Waals surface area contributed by atoms with Crippen LogP contribution in [0.1, 0.15) is 25.2 Å². The summed E-state index contributed by atoms with van der Waals surface area (Å²) in [6, 6.07) is 13.7. The van der Waals surface area contributed by atoms with Gasteiger partial charge in [0.05, 0.1) is 17.1 Å². The second kappa shape index (κ2) is 8.88. The summed E-state index contributed by atoms with van der Waals surface area (Å²) in [4.78, 5) is 12.2. The number of guanidine groups is 1. The van der Waals surface area contributed by atoms with Crippen molar-refractivity contribution in [1.82, 2.24) is 9.97 Å². The number of ether oxygens (including phenoxy) is 1. The number of para-hydroxylation sites is 1. The van der Waals surface area contributed by atoms with Crippen molar-refractivity contribution in [2.75, 3.05) is 5.32 Å². The van der Waals surface area contributed by atoms with Gasteiger partial charge in [0.25, 0.3) is 0 Å². The lowest BCUT2D eigenvalue weighted by Crippen LogP contribution is -2.22. The molecule has 0 atom stereocenters. The average Bonchev–Trinajstić information content (AvgIpc) is 2.99. The standard InChI is InChI=1S/C19H23N5O.HI/c1-12(2)25-15-9-7-14(8-10-15)22-19(20)21-11-17-23-16-6-4-5-13(3)18(16)24-17;/h4-10,12H,11H2,1-3H3,(H,23,24)(H3,20,21,22);1H. The van der Waals surface area contributed by atoms with Gasteiger partial charge in [0.2, 0.25) is 0 Å². The molecule has 2 aromatic carbocycles. The van der Waals surface area contributed by atoms with Crippen LogP contribution in [0.25, 0.3) is 11.0 Å². The number of hydrogen-bond donors (Lipinski definition) is 3. The third-order valence-electron chi connectivity index (χ3n) is 3.66. The molecule has 138 valence electrons. The number of fused-ring (bicyclic) bond motifs is 1. The van der Waals surface area contributed by atoms with E-state index in [0.717, 1.165) is 33.9 Å². The van der Waals surface area contributed by atoms with Gasteiger partial charge in [-0.05, 0) is 56.7 Å². The average molecular weight is 465 g/mol. The number of rotatable bonds is 5. The normalized spacial score (nSPS) is 11.5. The van der Waals surface area contributed by atoms with Crippen molar-refractivity contribution < 1.29 is 4.74 Å². The molecule has 0 aliphatic carbocycles. The molecule has 0 amide bonds. The van der Waals surface area contributed by atoms with E-state index in [1.807, 2.05) is 63.2 Å². The fourth-order valence-corrected chi connectivity index (χ4v) is 2.54. The molecule has 0 aliphatic rings. The quantitative estimate of drug-likeness (QED) is 0.299. The lowest BCUT2D eigenvalue weighted by atomic mass is 10.2. The fraction of sp³-hybridized carbons (Fsp3) is 0.263. The van der Waals surface area contributed by atoms with Crippen molar-refractivity contribution in [3.8, 4) is 5.75 Å². The first-order chi connectivity index (χ1) is 12.0. The van der Waals surface area contributed by atoms with Crippen LogP contribution in [0.15, 0.2) is 47.5 Å². The maximum absolute atomic E-state index is 5.96. The Morgan fingerprint density at radius 2 is 1.96 bits per heavy atom. The van der Waals surface area contributed by atoms with Crippen LogP contribution < -0.4 is 15.8 Å². The van der Waals surface area contributed by atoms with Crippen LogP contribution in [-0.2, 0) is 6.54 Å². The van der Waals surface area contributed by atoms with Crippen LogP contribution in [0.4, 0.5) is 5.69 Å². The molecule has 26 heavy (non-hydrogen) atoms. The van der Waals surface area contributed by atoms with Crippen molar-refractivity contribution in [2.24, 2.45) is 10.7 Å². The minimum Gasteiger partial charge on any atom is -0.491 e. The van der Waals surface area contributed by atoms with Crippen molar-refractivity contribution in [1.29, 1.82) is 0 Å².